The van der Waals surface area contributed by atoms with Crippen molar-refractivity contribution in [3.63, 3.8) is 0 Å². The van der Waals surface area contributed by atoms with Crippen molar-refractivity contribution in [2.24, 2.45) is 0 Å². The van der Waals surface area contributed by atoms with Crippen molar-refractivity contribution in [3.8, 4) is 0 Å². The number of carbonyl (C=O) groups excluding carboxylic acids is 3. The van der Waals surface area contributed by atoms with E-state index in [-0.39, 0.29) is 30.8 Å². The number of carbonyl (C=O) groups is 3. The quantitative estimate of drug-likeness (QED) is 0.714. The molecule has 1 aliphatic heterocycles. The second-order valence-corrected chi connectivity index (χ2v) is 8.83. The molecule has 1 aliphatic rings. The van der Waals surface area contributed by atoms with Gasteiger partial charge >= 0.3 is 6.09 Å². The predicted octanol–water partition coefficient (Wildman–Crippen LogP) is 2.95. The van der Waals surface area contributed by atoms with Gasteiger partial charge in [0.05, 0.1) is 0 Å². The summed E-state index contributed by atoms with van der Waals surface area (Å²) in [6, 6.07) is 8.23. The fourth-order valence-electron chi connectivity index (χ4n) is 3.46. The highest BCUT2D eigenvalue weighted by molar-refractivity contribution is 5.78. The van der Waals surface area contributed by atoms with Crippen LogP contribution < -0.4 is 10.6 Å². The molecule has 2 N–H and O–H groups in total. The first-order valence-electron chi connectivity index (χ1n) is 10.7. The van der Waals surface area contributed by atoms with E-state index in [9.17, 15) is 14.4 Å². The molecule has 1 heterocycles. The number of hydrogen-bond acceptors (Lipinski definition) is 4. The summed E-state index contributed by atoms with van der Waals surface area (Å²) in [5.41, 5.74) is 1.85. The third kappa shape index (κ3) is 8.43. The van der Waals surface area contributed by atoms with Crippen LogP contribution in [0.15, 0.2) is 24.3 Å². The zero-order chi connectivity index (χ0) is 22.1. The molecule has 0 radical (unpaired) electrons. The number of hydrogen-bond donors (Lipinski definition) is 2. The maximum atomic E-state index is 12.3. The SMILES string of the molecule is Cc1ccccc1CCC(=O)NC1CCN(C(=O)CCNC(=O)OC(C)(C)C)CC1. The van der Waals surface area contributed by atoms with Gasteiger partial charge in [0, 0.05) is 38.5 Å². The van der Waals surface area contributed by atoms with Crippen molar-refractivity contribution in [1.29, 1.82) is 0 Å². The molecule has 7 nitrogen and oxygen atoms in total. The number of nitrogens with one attached hydrogen (secondary N) is 2. The minimum absolute atomic E-state index is 0.00962. The smallest absolute Gasteiger partial charge is 0.407 e. The lowest BCUT2D eigenvalue weighted by atomic mass is 10.0. The molecule has 0 atom stereocenters. The second kappa shape index (κ2) is 11.0. The predicted molar refractivity (Wildman–Crippen MR) is 116 cm³/mol. The first-order chi connectivity index (χ1) is 14.1. The van der Waals surface area contributed by atoms with Crippen molar-refractivity contribution >= 4 is 17.9 Å². The van der Waals surface area contributed by atoms with Gasteiger partial charge in [0.25, 0.3) is 0 Å². The number of alkyl carbamates (subject to hydrolysis) is 1. The van der Waals surface area contributed by atoms with Crippen LogP contribution in [0.3, 0.4) is 0 Å². The number of likely N-dealkylation sites (tertiary alicyclic amines) is 1. The first kappa shape index (κ1) is 23.7. The number of aryl methyl sites for hydroxylation is 2. The normalized spacial score (nSPS) is 14.9. The molecule has 30 heavy (non-hydrogen) atoms. The van der Waals surface area contributed by atoms with Crippen LogP contribution in [-0.4, -0.2) is 54.1 Å². The number of piperidine rings is 1. The van der Waals surface area contributed by atoms with Gasteiger partial charge in [-0.1, -0.05) is 24.3 Å². The lowest BCUT2D eigenvalue weighted by Gasteiger charge is -2.32. The number of rotatable bonds is 7. The Bertz CT molecular complexity index is 734. The summed E-state index contributed by atoms with van der Waals surface area (Å²) in [6.07, 6.45) is 2.44. The molecular formula is C23H35N3O4. The lowest BCUT2D eigenvalue weighted by Crippen LogP contribution is -2.47. The Morgan fingerprint density at radius 3 is 2.40 bits per heavy atom. The molecule has 0 aromatic heterocycles. The minimum atomic E-state index is -0.555. The van der Waals surface area contributed by atoms with Gasteiger partial charge in [-0.3, -0.25) is 9.59 Å². The van der Waals surface area contributed by atoms with Crippen LogP contribution in [0.1, 0.15) is 57.6 Å². The topological polar surface area (TPSA) is 87.7 Å². The molecule has 0 spiro atoms. The average molecular weight is 418 g/mol. The highest BCUT2D eigenvalue weighted by Gasteiger charge is 2.24. The van der Waals surface area contributed by atoms with Crippen molar-refractivity contribution < 1.29 is 19.1 Å². The number of ether oxygens (including phenoxy) is 1. The molecule has 1 aromatic rings. The molecule has 7 heteroatoms. The van der Waals surface area contributed by atoms with E-state index in [0.717, 1.165) is 19.3 Å². The van der Waals surface area contributed by atoms with E-state index >= 15 is 0 Å². The Morgan fingerprint density at radius 1 is 1.10 bits per heavy atom. The van der Waals surface area contributed by atoms with Crippen LogP contribution in [0, 0.1) is 6.92 Å². The molecule has 0 aliphatic carbocycles. The zero-order valence-corrected chi connectivity index (χ0v) is 18.6. The van der Waals surface area contributed by atoms with Crippen LogP contribution in [0.5, 0.6) is 0 Å². The fourth-order valence-corrected chi connectivity index (χ4v) is 3.46. The molecule has 2 rings (SSSR count). The minimum Gasteiger partial charge on any atom is -0.444 e. The maximum absolute atomic E-state index is 12.3. The molecule has 0 saturated carbocycles. The summed E-state index contributed by atoms with van der Waals surface area (Å²) in [4.78, 5) is 38.0. The second-order valence-electron chi connectivity index (χ2n) is 8.83. The van der Waals surface area contributed by atoms with Gasteiger partial charge in [-0.15, -0.1) is 0 Å². The molecule has 1 aromatic carbocycles. The van der Waals surface area contributed by atoms with Gasteiger partial charge in [0.1, 0.15) is 5.60 Å². The van der Waals surface area contributed by atoms with E-state index in [1.165, 1.54) is 11.1 Å². The van der Waals surface area contributed by atoms with Gasteiger partial charge < -0.3 is 20.3 Å². The maximum Gasteiger partial charge on any atom is 0.407 e. The number of amides is 3. The Balaban J connectivity index is 1.63. The lowest BCUT2D eigenvalue weighted by molar-refractivity contribution is -0.132. The van der Waals surface area contributed by atoms with Crippen LogP contribution in [0.2, 0.25) is 0 Å². The summed E-state index contributed by atoms with van der Waals surface area (Å²) < 4.78 is 5.16. The van der Waals surface area contributed by atoms with Gasteiger partial charge in [-0.2, -0.15) is 0 Å². The van der Waals surface area contributed by atoms with Gasteiger partial charge in [0.2, 0.25) is 11.8 Å². The monoisotopic (exact) mass is 417 g/mol. The third-order valence-corrected chi connectivity index (χ3v) is 5.10. The molecular weight excluding hydrogens is 382 g/mol. The van der Waals surface area contributed by atoms with Crippen molar-refractivity contribution in [1.82, 2.24) is 15.5 Å². The van der Waals surface area contributed by atoms with Gasteiger partial charge in [-0.05, 0) is 58.1 Å². The Hall–Kier alpha value is -2.57. The van der Waals surface area contributed by atoms with Crippen LogP contribution in [-0.2, 0) is 20.7 Å². The number of benzene rings is 1. The molecule has 1 saturated heterocycles. The standard InChI is InChI=1S/C23H35N3O4/c1-17-7-5-6-8-18(17)9-10-20(27)25-19-12-15-26(16-13-19)21(28)11-14-24-22(29)30-23(2,3)4/h5-8,19H,9-16H2,1-4H3,(H,24,29)(H,25,27). The molecule has 0 bridgehead atoms. The molecule has 0 unspecified atom stereocenters. The summed E-state index contributed by atoms with van der Waals surface area (Å²) in [5, 5.41) is 5.71. The zero-order valence-electron chi connectivity index (χ0n) is 18.6. The largest absolute Gasteiger partial charge is 0.444 e. The summed E-state index contributed by atoms with van der Waals surface area (Å²) in [5.74, 6) is 0.0694. The molecule has 166 valence electrons. The van der Waals surface area contributed by atoms with E-state index in [4.69, 9.17) is 4.74 Å². The van der Waals surface area contributed by atoms with Crippen LogP contribution in [0.25, 0.3) is 0 Å². The Labute approximate surface area is 179 Å². The van der Waals surface area contributed by atoms with E-state index in [1.54, 1.807) is 25.7 Å². The van der Waals surface area contributed by atoms with E-state index in [1.807, 2.05) is 12.1 Å². The van der Waals surface area contributed by atoms with Crippen LogP contribution in [0.4, 0.5) is 4.79 Å². The Morgan fingerprint density at radius 2 is 1.77 bits per heavy atom. The number of nitrogens with zero attached hydrogens (tertiary/aromatic N) is 1. The molecule has 3 amide bonds. The highest BCUT2D eigenvalue weighted by Crippen LogP contribution is 2.13. The Kier molecular flexibility index (Phi) is 8.69. The summed E-state index contributed by atoms with van der Waals surface area (Å²) in [6.45, 7) is 8.93. The highest BCUT2D eigenvalue weighted by atomic mass is 16.6. The van der Waals surface area contributed by atoms with E-state index in [2.05, 4.69) is 29.7 Å². The van der Waals surface area contributed by atoms with Crippen LogP contribution >= 0.6 is 0 Å². The third-order valence-electron chi connectivity index (χ3n) is 5.10. The van der Waals surface area contributed by atoms with Crippen molar-refractivity contribution in [3.05, 3.63) is 35.4 Å². The van der Waals surface area contributed by atoms with Gasteiger partial charge in [-0.25, -0.2) is 4.79 Å². The first-order valence-corrected chi connectivity index (χ1v) is 10.7. The van der Waals surface area contributed by atoms with Crippen molar-refractivity contribution in [2.75, 3.05) is 19.6 Å². The summed E-state index contributed by atoms with van der Waals surface area (Å²) >= 11 is 0. The van der Waals surface area contributed by atoms with E-state index in [0.29, 0.717) is 19.5 Å². The van der Waals surface area contributed by atoms with Gasteiger partial charge in [0.15, 0.2) is 0 Å². The summed E-state index contributed by atoms with van der Waals surface area (Å²) in [7, 11) is 0. The molecule has 1 fully saturated rings. The fraction of sp³-hybridized carbons (Fsp3) is 0.609. The average Bonchev–Trinajstić information content (AvgIpc) is 2.66. The van der Waals surface area contributed by atoms with Crippen molar-refractivity contribution in [2.45, 2.75) is 71.4 Å². The van der Waals surface area contributed by atoms with E-state index < -0.39 is 11.7 Å².